The van der Waals surface area contributed by atoms with Crippen molar-refractivity contribution in [2.24, 2.45) is 0 Å². The highest BCUT2D eigenvalue weighted by Gasteiger charge is 2.29. The lowest BCUT2D eigenvalue weighted by Crippen LogP contribution is -2.51. The van der Waals surface area contributed by atoms with Crippen molar-refractivity contribution in [1.29, 1.82) is 0 Å². The zero-order valence-electron chi connectivity index (χ0n) is 18.2. The molecule has 0 spiro atoms. The van der Waals surface area contributed by atoms with Gasteiger partial charge < -0.3 is 15.0 Å². The number of amides is 2. The molecule has 0 unspecified atom stereocenters. The largest absolute Gasteiger partial charge is 0.481 e. The van der Waals surface area contributed by atoms with Gasteiger partial charge >= 0.3 is 0 Å². The van der Waals surface area contributed by atoms with Crippen LogP contribution >= 0.6 is 0 Å². The van der Waals surface area contributed by atoms with Crippen LogP contribution in [0.2, 0.25) is 0 Å². The zero-order chi connectivity index (χ0) is 22.1. The van der Waals surface area contributed by atoms with Crippen molar-refractivity contribution in [1.82, 2.24) is 10.2 Å². The summed E-state index contributed by atoms with van der Waals surface area (Å²) in [5, 5.41) is 2.97. The van der Waals surface area contributed by atoms with Crippen LogP contribution < -0.4 is 10.1 Å². The Kier molecular flexibility index (Phi) is 8.84. The van der Waals surface area contributed by atoms with Gasteiger partial charge in [-0.15, -0.1) is 0 Å². The molecule has 2 atom stereocenters. The van der Waals surface area contributed by atoms with Gasteiger partial charge in [0.25, 0.3) is 5.91 Å². The molecular formula is C24H31FN2O3. The van der Waals surface area contributed by atoms with Crippen LogP contribution in [0.5, 0.6) is 5.75 Å². The average Bonchev–Trinajstić information content (AvgIpc) is 2.74. The molecule has 2 rings (SSSR count). The normalized spacial score (nSPS) is 12.7. The summed E-state index contributed by atoms with van der Waals surface area (Å²) in [5.41, 5.74) is 1.98. The summed E-state index contributed by atoms with van der Waals surface area (Å²) in [6, 6.07) is 13.1. The summed E-state index contributed by atoms with van der Waals surface area (Å²) < 4.78 is 19.3. The predicted octanol–water partition coefficient (Wildman–Crippen LogP) is 4.24. The number of aryl methyl sites for hydroxylation is 1. The van der Waals surface area contributed by atoms with Gasteiger partial charge in [-0.05, 0) is 49.9 Å². The maximum Gasteiger partial charge on any atom is 0.261 e. The average molecular weight is 415 g/mol. The smallest absolute Gasteiger partial charge is 0.261 e. The number of nitrogens with zero attached hydrogens (tertiary/aromatic N) is 1. The molecule has 2 amide bonds. The summed E-state index contributed by atoms with van der Waals surface area (Å²) in [6.07, 6.45) is 1.25. The summed E-state index contributed by atoms with van der Waals surface area (Å²) in [7, 11) is 0. The second-order valence-corrected chi connectivity index (χ2v) is 7.41. The van der Waals surface area contributed by atoms with E-state index in [9.17, 15) is 14.0 Å². The van der Waals surface area contributed by atoms with Crippen molar-refractivity contribution in [3.8, 4) is 5.75 Å². The Morgan fingerprint density at radius 3 is 2.37 bits per heavy atom. The van der Waals surface area contributed by atoms with Crippen molar-refractivity contribution in [3.63, 3.8) is 0 Å². The molecule has 0 aliphatic carbocycles. The van der Waals surface area contributed by atoms with E-state index in [2.05, 4.69) is 5.32 Å². The number of ether oxygens (including phenoxy) is 1. The molecular weight excluding hydrogens is 383 g/mol. The Bertz CT molecular complexity index is 856. The van der Waals surface area contributed by atoms with Crippen LogP contribution in [0.3, 0.4) is 0 Å². The molecule has 0 radical (unpaired) electrons. The Labute approximate surface area is 178 Å². The predicted molar refractivity (Wildman–Crippen MR) is 116 cm³/mol. The van der Waals surface area contributed by atoms with Crippen LogP contribution in [0, 0.1) is 12.7 Å². The maximum absolute atomic E-state index is 13.9. The highest BCUT2D eigenvalue weighted by molar-refractivity contribution is 5.88. The lowest BCUT2D eigenvalue weighted by molar-refractivity contribution is -0.143. The topological polar surface area (TPSA) is 58.6 Å². The number of hydrogen-bond donors (Lipinski definition) is 1. The van der Waals surface area contributed by atoms with Crippen LogP contribution in [0.4, 0.5) is 4.39 Å². The molecule has 2 aromatic rings. The number of rotatable bonds is 10. The fourth-order valence-electron chi connectivity index (χ4n) is 3.12. The molecule has 0 aliphatic rings. The first-order valence-electron chi connectivity index (χ1n) is 10.4. The molecule has 162 valence electrons. The van der Waals surface area contributed by atoms with Gasteiger partial charge in [0, 0.05) is 12.6 Å². The van der Waals surface area contributed by atoms with Crippen LogP contribution in [0.25, 0.3) is 0 Å². The Morgan fingerprint density at radius 2 is 1.73 bits per heavy atom. The fraction of sp³-hybridized carbons (Fsp3) is 0.417. The number of benzene rings is 2. The third-order valence-corrected chi connectivity index (χ3v) is 5.18. The number of hydrogen-bond acceptors (Lipinski definition) is 3. The molecule has 0 heterocycles. The van der Waals surface area contributed by atoms with Gasteiger partial charge in [-0.3, -0.25) is 9.59 Å². The van der Waals surface area contributed by atoms with Gasteiger partial charge in [0.1, 0.15) is 6.04 Å². The van der Waals surface area contributed by atoms with Gasteiger partial charge in [-0.1, -0.05) is 50.2 Å². The molecule has 0 aromatic heterocycles. The SMILES string of the molecule is CC[C@@H](C)NC(=O)[C@H](CC)N(Cc1ccccc1C)C(=O)COc1ccccc1F. The van der Waals surface area contributed by atoms with Crippen molar-refractivity contribution >= 4 is 11.8 Å². The lowest BCUT2D eigenvalue weighted by atomic mass is 10.1. The number of halogens is 1. The van der Waals surface area contributed by atoms with Crippen LogP contribution in [-0.2, 0) is 16.1 Å². The number of carbonyl (C=O) groups is 2. The minimum absolute atomic E-state index is 0.0108. The van der Waals surface area contributed by atoms with Gasteiger partial charge in [-0.25, -0.2) is 4.39 Å². The lowest BCUT2D eigenvalue weighted by Gasteiger charge is -2.31. The van der Waals surface area contributed by atoms with Crippen molar-refractivity contribution < 1.29 is 18.7 Å². The Balaban J connectivity index is 2.24. The third kappa shape index (κ3) is 6.31. The third-order valence-electron chi connectivity index (χ3n) is 5.18. The monoisotopic (exact) mass is 414 g/mol. The summed E-state index contributed by atoms with van der Waals surface area (Å²) >= 11 is 0. The molecule has 1 N–H and O–H groups in total. The van der Waals surface area contributed by atoms with Gasteiger partial charge in [0.05, 0.1) is 0 Å². The molecule has 2 aromatic carbocycles. The van der Waals surface area contributed by atoms with E-state index in [4.69, 9.17) is 4.74 Å². The summed E-state index contributed by atoms with van der Waals surface area (Å²) in [4.78, 5) is 27.5. The fourth-order valence-corrected chi connectivity index (χ4v) is 3.12. The van der Waals surface area contributed by atoms with E-state index in [0.29, 0.717) is 6.42 Å². The van der Waals surface area contributed by atoms with E-state index >= 15 is 0 Å². The minimum Gasteiger partial charge on any atom is -0.481 e. The van der Waals surface area contributed by atoms with Crippen molar-refractivity contribution in [2.45, 2.75) is 59.2 Å². The molecule has 0 aliphatic heterocycles. The van der Waals surface area contributed by atoms with E-state index in [0.717, 1.165) is 17.5 Å². The first-order valence-corrected chi connectivity index (χ1v) is 10.4. The van der Waals surface area contributed by atoms with Crippen LogP contribution in [0.15, 0.2) is 48.5 Å². The number of nitrogens with one attached hydrogen (secondary N) is 1. The number of carbonyl (C=O) groups excluding carboxylic acids is 2. The molecule has 0 saturated carbocycles. The van der Waals surface area contributed by atoms with Gasteiger partial charge in [0.2, 0.25) is 5.91 Å². The summed E-state index contributed by atoms with van der Waals surface area (Å²) in [5.74, 6) is -1.08. The van der Waals surface area contributed by atoms with Crippen molar-refractivity contribution in [3.05, 3.63) is 65.5 Å². The van der Waals surface area contributed by atoms with E-state index in [1.54, 1.807) is 12.1 Å². The highest BCUT2D eigenvalue weighted by Crippen LogP contribution is 2.18. The van der Waals surface area contributed by atoms with E-state index in [1.165, 1.54) is 17.0 Å². The highest BCUT2D eigenvalue weighted by atomic mass is 19.1. The molecule has 30 heavy (non-hydrogen) atoms. The number of para-hydroxylation sites is 1. The Morgan fingerprint density at radius 1 is 1.07 bits per heavy atom. The zero-order valence-corrected chi connectivity index (χ0v) is 18.2. The van der Waals surface area contributed by atoms with E-state index in [-0.39, 0.29) is 36.8 Å². The second-order valence-electron chi connectivity index (χ2n) is 7.41. The summed E-state index contributed by atoms with van der Waals surface area (Å²) in [6.45, 7) is 7.69. The van der Waals surface area contributed by atoms with E-state index in [1.807, 2.05) is 52.0 Å². The molecule has 6 heteroatoms. The second kappa shape index (κ2) is 11.3. The molecule has 0 fully saturated rings. The Hall–Kier alpha value is -2.89. The quantitative estimate of drug-likeness (QED) is 0.633. The van der Waals surface area contributed by atoms with Crippen LogP contribution in [-0.4, -0.2) is 35.4 Å². The first-order chi connectivity index (χ1) is 14.4. The van der Waals surface area contributed by atoms with Gasteiger partial charge in [-0.2, -0.15) is 0 Å². The minimum atomic E-state index is -0.643. The van der Waals surface area contributed by atoms with E-state index < -0.39 is 11.9 Å². The molecule has 0 bridgehead atoms. The van der Waals surface area contributed by atoms with Crippen LogP contribution in [0.1, 0.15) is 44.7 Å². The first kappa shape index (κ1) is 23.4. The maximum atomic E-state index is 13.9. The van der Waals surface area contributed by atoms with Gasteiger partial charge in [0.15, 0.2) is 18.2 Å². The molecule has 5 nitrogen and oxygen atoms in total. The molecule has 0 saturated heterocycles. The van der Waals surface area contributed by atoms with Crippen molar-refractivity contribution in [2.75, 3.05) is 6.61 Å². The standard InChI is InChI=1S/C24H31FN2O3/c1-5-18(4)26-24(29)21(6-2)27(15-19-12-8-7-11-17(19)3)23(28)16-30-22-14-10-9-13-20(22)25/h7-14,18,21H,5-6,15-16H2,1-4H3,(H,26,29)/t18-,21+/m1/s1.